The van der Waals surface area contributed by atoms with E-state index in [4.69, 9.17) is 10.2 Å². The van der Waals surface area contributed by atoms with E-state index in [9.17, 15) is 14.4 Å². The first-order valence-corrected chi connectivity index (χ1v) is 8.19. The average molecular weight is 372 g/mol. The third kappa shape index (κ3) is 6.07. The highest BCUT2D eigenvalue weighted by Gasteiger charge is 2.21. The lowest BCUT2D eigenvalue weighted by molar-refractivity contribution is -0.140. The van der Waals surface area contributed by atoms with Gasteiger partial charge in [0.2, 0.25) is 5.95 Å². The van der Waals surface area contributed by atoms with Crippen LogP contribution < -0.4 is 10.6 Å². The van der Waals surface area contributed by atoms with Crippen molar-refractivity contribution < 1.29 is 24.6 Å². The minimum absolute atomic E-state index is 0.204. The Morgan fingerprint density at radius 2 is 1.74 bits per heavy atom. The third-order valence-electron chi connectivity index (χ3n) is 3.61. The van der Waals surface area contributed by atoms with Gasteiger partial charge in [0.05, 0.1) is 0 Å². The number of nitrogens with zero attached hydrogens (tertiary/aromatic N) is 2. The van der Waals surface area contributed by atoms with E-state index >= 15 is 0 Å². The highest BCUT2D eigenvalue weighted by Crippen LogP contribution is 2.16. The van der Waals surface area contributed by atoms with Crippen molar-refractivity contribution in [2.45, 2.75) is 32.7 Å². The zero-order valence-electron chi connectivity index (χ0n) is 14.9. The second-order valence-electron chi connectivity index (χ2n) is 5.98. The van der Waals surface area contributed by atoms with Gasteiger partial charge in [-0.3, -0.25) is 9.59 Å². The molecule has 1 atom stereocenters. The van der Waals surface area contributed by atoms with E-state index < -0.39 is 23.9 Å². The normalized spacial score (nSPS) is 11.5. The average Bonchev–Trinajstić information content (AvgIpc) is 2.57. The van der Waals surface area contributed by atoms with E-state index in [0.717, 1.165) is 11.4 Å². The Hall–Kier alpha value is -3.49. The number of hydrogen-bond acceptors (Lipinski definition) is 6. The van der Waals surface area contributed by atoms with Gasteiger partial charge in [0, 0.05) is 29.1 Å². The Kier molecular flexibility index (Phi) is 6.42. The molecule has 142 valence electrons. The van der Waals surface area contributed by atoms with E-state index in [2.05, 4.69) is 20.6 Å². The number of aliphatic carboxylic acids is 2. The lowest BCUT2D eigenvalue weighted by atomic mass is 10.1. The van der Waals surface area contributed by atoms with Crippen molar-refractivity contribution >= 4 is 29.5 Å². The summed E-state index contributed by atoms with van der Waals surface area (Å²) < 4.78 is 0. The van der Waals surface area contributed by atoms with Crippen molar-refractivity contribution in [3.63, 3.8) is 0 Å². The molecule has 1 amide bonds. The van der Waals surface area contributed by atoms with Crippen LogP contribution in [0.4, 0.5) is 11.6 Å². The van der Waals surface area contributed by atoms with Gasteiger partial charge < -0.3 is 20.8 Å². The smallest absolute Gasteiger partial charge is 0.326 e. The molecule has 2 aromatic rings. The van der Waals surface area contributed by atoms with Gasteiger partial charge in [0.1, 0.15) is 6.04 Å². The van der Waals surface area contributed by atoms with Crippen molar-refractivity contribution in [3.05, 3.63) is 47.3 Å². The van der Waals surface area contributed by atoms with Crippen LogP contribution in [-0.2, 0) is 9.59 Å². The summed E-state index contributed by atoms with van der Waals surface area (Å²) in [6.45, 7) is 3.68. The second kappa shape index (κ2) is 8.75. The maximum Gasteiger partial charge on any atom is 0.326 e. The monoisotopic (exact) mass is 372 g/mol. The van der Waals surface area contributed by atoms with E-state index in [1.807, 2.05) is 19.9 Å². The van der Waals surface area contributed by atoms with Crippen molar-refractivity contribution in [3.8, 4) is 0 Å². The Morgan fingerprint density at radius 1 is 1.07 bits per heavy atom. The van der Waals surface area contributed by atoms with Crippen LogP contribution in [0, 0.1) is 13.8 Å². The number of hydrogen-bond donors (Lipinski definition) is 4. The van der Waals surface area contributed by atoms with E-state index in [0.29, 0.717) is 11.6 Å². The van der Waals surface area contributed by atoms with Crippen molar-refractivity contribution in [2.75, 3.05) is 5.32 Å². The van der Waals surface area contributed by atoms with Gasteiger partial charge in [-0.05, 0) is 44.5 Å². The predicted octanol–water partition coefficient (Wildman–Crippen LogP) is 1.88. The Morgan fingerprint density at radius 3 is 2.33 bits per heavy atom. The fourth-order valence-corrected chi connectivity index (χ4v) is 2.42. The maximum atomic E-state index is 12.3. The minimum Gasteiger partial charge on any atom is -0.481 e. The number of rotatable bonds is 8. The molecule has 0 aliphatic heterocycles. The molecule has 27 heavy (non-hydrogen) atoms. The first-order valence-electron chi connectivity index (χ1n) is 8.19. The lowest BCUT2D eigenvalue weighted by Gasteiger charge is -2.14. The standard InChI is InChI=1S/C18H20N4O5/c1-10-8-11(2)20-18(19-10)21-13-5-3-4-12(9-13)16(25)22-14(17(26)27)6-7-15(23)24/h3-5,8-9,14H,6-7H2,1-2H3,(H,22,25)(H,23,24)(H,26,27)(H,19,20,21)/t14-/m0/s1. The molecular weight excluding hydrogens is 352 g/mol. The molecule has 1 aromatic carbocycles. The number of nitrogens with one attached hydrogen (secondary N) is 2. The number of carboxylic acids is 2. The van der Waals surface area contributed by atoms with Crippen LogP contribution in [0.3, 0.4) is 0 Å². The van der Waals surface area contributed by atoms with Crippen LogP contribution >= 0.6 is 0 Å². The van der Waals surface area contributed by atoms with Crippen LogP contribution in [-0.4, -0.2) is 44.1 Å². The lowest BCUT2D eigenvalue weighted by Crippen LogP contribution is -2.41. The molecule has 0 aliphatic rings. The van der Waals surface area contributed by atoms with Crippen LogP contribution in [0.15, 0.2) is 30.3 Å². The number of amides is 1. The van der Waals surface area contributed by atoms with Gasteiger partial charge in [-0.2, -0.15) is 0 Å². The highest BCUT2D eigenvalue weighted by atomic mass is 16.4. The van der Waals surface area contributed by atoms with Crippen LogP contribution in [0.5, 0.6) is 0 Å². The number of carbonyl (C=O) groups is 3. The summed E-state index contributed by atoms with van der Waals surface area (Å²) in [6.07, 6.45) is -0.562. The SMILES string of the molecule is Cc1cc(C)nc(Nc2cccc(C(=O)N[C@@H](CCC(=O)O)C(=O)O)c2)n1. The first-order chi connectivity index (χ1) is 12.7. The minimum atomic E-state index is -1.29. The molecule has 0 radical (unpaired) electrons. The predicted molar refractivity (Wildman–Crippen MR) is 97.0 cm³/mol. The van der Waals surface area contributed by atoms with E-state index in [-0.39, 0.29) is 18.4 Å². The molecule has 1 heterocycles. The van der Waals surface area contributed by atoms with Gasteiger partial charge >= 0.3 is 11.9 Å². The summed E-state index contributed by atoms with van der Waals surface area (Å²) in [6, 6.07) is 6.96. The van der Waals surface area contributed by atoms with Gasteiger partial charge in [-0.15, -0.1) is 0 Å². The second-order valence-corrected chi connectivity index (χ2v) is 5.98. The molecule has 0 aliphatic carbocycles. The number of carbonyl (C=O) groups excluding carboxylic acids is 1. The number of aromatic nitrogens is 2. The van der Waals surface area contributed by atoms with Crippen LogP contribution in [0.1, 0.15) is 34.6 Å². The van der Waals surface area contributed by atoms with Crippen LogP contribution in [0.25, 0.3) is 0 Å². The fourth-order valence-electron chi connectivity index (χ4n) is 2.42. The Labute approximate surface area is 155 Å². The molecule has 0 fully saturated rings. The van der Waals surface area contributed by atoms with E-state index in [1.165, 1.54) is 12.1 Å². The van der Waals surface area contributed by atoms with Gasteiger partial charge in [-0.1, -0.05) is 6.07 Å². The molecule has 0 spiro atoms. The molecule has 9 nitrogen and oxygen atoms in total. The van der Waals surface area contributed by atoms with Gasteiger partial charge in [-0.25, -0.2) is 14.8 Å². The summed E-state index contributed by atoms with van der Waals surface area (Å²) >= 11 is 0. The molecule has 0 saturated heterocycles. The highest BCUT2D eigenvalue weighted by molar-refractivity contribution is 5.97. The molecule has 9 heteroatoms. The van der Waals surface area contributed by atoms with E-state index in [1.54, 1.807) is 12.1 Å². The van der Waals surface area contributed by atoms with Crippen LogP contribution in [0.2, 0.25) is 0 Å². The third-order valence-corrected chi connectivity index (χ3v) is 3.61. The molecule has 2 rings (SSSR count). The molecule has 0 bridgehead atoms. The molecule has 1 aromatic heterocycles. The summed E-state index contributed by atoms with van der Waals surface area (Å²) in [5.41, 5.74) is 2.37. The zero-order chi connectivity index (χ0) is 20.0. The number of aryl methyl sites for hydroxylation is 2. The summed E-state index contributed by atoms with van der Waals surface area (Å²) in [5.74, 6) is -2.65. The molecule has 0 unspecified atom stereocenters. The topological polar surface area (TPSA) is 142 Å². The van der Waals surface area contributed by atoms with Gasteiger partial charge in [0.15, 0.2) is 0 Å². The Balaban J connectivity index is 2.11. The largest absolute Gasteiger partial charge is 0.481 e. The molecular formula is C18H20N4O5. The summed E-state index contributed by atoms with van der Waals surface area (Å²) in [5, 5.41) is 23.2. The maximum absolute atomic E-state index is 12.3. The van der Waals surface area contributed by atoms with Gasteiger partial charge in [0.25, 0.3) is 5.91 Å². The summed E-state index contributed by atoms with van der Waals surface area (Å²) in [4.78, 5) is 42.7. The van der Waals surface area contributed by atoms with Crippen molar-refractivity contribution in [1.29, 1.82) is 0 Å². The Bertz CT molecular complexity index is 848. The molecule has 0 saturated carbocycles. The zero-order valence-corrected chi connectivity index (χ0v) is 14.9. The number of benzene rings is 1. The van der Waals surface area contributed by atoms with Crippen molar-refractivity contribution in [2.24, 2.45) is 0 Å². The first kappa shape index (κ1) is 19.8. The number of anilines is 2. The fraction of sp³-hybridized carbons (Fsp3) is 0.278. The quantitative estimate of drug-likeness (QED) is 0.550. The van der Waals surface area contributed by atoms with Crippen molar-refractivity contribution in [1.82, 2.24) is 15.3 Å². The molecule has 4 N–H and O–H groups in total. The number of carboxylic acid groups (broad SMARTS) is 2. The summed E-state index contributed by atoms with van der Waals surface area (Å²) in [7, 11) is 0.